The van der Waals surface area contributed by atoms with Crippen molar-refractivity contribution >= 4 is 5.91 Å². The Balaban J connectivity index is 1.64. The zero-order valence-corrected chi connectivity index (χ0v) is 16.2. The normalized spacial score (nSPS) is 17.3. The van der Waals surface area contributed by atoms with E-state index in [9.17, 15) is 4.79 Å². The quantitative estimate of drug-likeness (QED) is 0.865. The van der Waals surface area contributed by atoms with Crippen molar-refractivity contribution in [2.45, 2.75) is 52.1 Å². The number of hydrogen-bond donors (Lipinski definition) is 1. The van der Waals surface area contributed by atoms with Crippen molar-refractivity contribution < 1.29 is 4.79 Å². The smallest absolute Gasteiger partial charge is 0.223 e. The summed E-state index contributed by atoms with van der Waals surface area (Å²) < 4.78 is 0. The molecule has 0 bridgehead atoms. The van der Waals surface area contributed by atoms with Crippen LogP contribution in [0, 0.1) is 13.8 Å². The molecule has 1 saturated heterocycles. The van der Waals surface area contributed by atoms with Gasteiger partial charge < -0.3 is 9.80 Å². The number of carbonyl (C=O) groups is 1. The number of aromatic amines is 1. The Kier molecular flexibility index (Phi) is 5.71. The van der Waals surface area contributed by atoms with Gasteiger partial charge in [-0.2, -0.15) is 5.10 Å². The topological polar surface area (TPSA) is 65.1 Å². The lowest BCUT2D eigenvalue weighted by Crippen LogP contribution is -2.31. The number of H-pyrrole nitrogens is 1. The van der Waals surface area contributed by atoms with E-state index in [1.54, 1.807) is 0 Å². The molecule has 1 N–H and O–H groups in total. The van der Waals surface area contributed by atoms with Gasteiger partial charge >= 0.3 is 0 Å². The van der Waals surface area contributed by atoms with E-state index in [1.807, 2.05) is 24.9 Å². The Morgan fingerprint density at radius 2 is 2.15 bits per heavy atom. The maximum Gasteiger partial charge on any atom is 0.223 e. The highest BCUT2D eigenvalue weighted by atomic mass is 16.2. The Hall–Kier alpha value is -2.21. The van der Waals surface area contributed by atoms with Gasteiger partial charge in [-0.1, -0.05) is 6.07 Å². The van der Waals surface area contributed by atoms with Gasteiger partial charge in [0.1, 0.15) is 0 Å². The Bertz CT molecular complexity index is 731. The molecule has 1 fully saturated rings. The van der Waals surface area contributed by atoms with Crippen molar-refractivity contribution in [1.29, 1.82) is 0 Å². The molecule has 0 unspecified atom stereocenters. The molecule has 1 amide bonds. The number of aryl methyl sites for hydroxylation is 2. The van der Waals surface area contributed by atoms with Gasteiger partial charge in [0.2, 0.25) is 5.91 Å². The average Bonchev–Trinajstić information content (AvgIpc) is 3.21. The third-order valence-corrected chi connectivity index (χ3v) is 5.13. The Labute approximate surface area is 155 Å². The fraction of sp³-hybridized carbons (Fsp3) is 0.550. The van der Waals surface area contributed by atoms with E-state index in [1.165, 1.54) is 11.1 Å². The standard InChI is InChI=1S/C20H29N5O/c1-14-17(15(2)23-22-14)8-10-20(26)25-11-5-6-19(25)18-9-7-16(12-21-18)13-24(3)4/h7,9,12,19H,5-6,8,10-11,13H2,1-4H3,(H,22,23)/t19-/m1/s1. The average molecular weight is 355 g/mol. The second-order valence-electron chi connectivity index (χ2n) is 7.49. The number of amides is 1. The number of carbonyl (C=O) groups excluding carboxylic acids is 1. The van der Waals surface area contributed by atoms with Crippen LogP contribution < -0.4 is 0 Å². The molecule has 2 aromatic rings. The molecule has 6 nitrogen and oxygen atoms in total. The first-order valence-electron chi connectivity index (χ1n) is 9.35. The first-order valence-corrected chi connectivity index (χ1v) is 9.35. The molecular formula is C20H29N5O. The van der Waals surface area contributed by atoms with Crippen LogP contribution in [0.3, 0.4) is 0 Å². The van der Waals surface area contributed by atoms with Crippen LogP contribution in [0.2, 0.25) is 0 Å². The maximum atomic E-state index is 12.8. The van der Waals surface area contributed by atoms with Gasteiger partial charge in [0, 0.05) is 31.4 Å². The van der Waals surface area contributed by atoms with E-state index >= 15 is 0 Å². The highest BCUT2D eigenvalue weighted by Crippen LogP contribution is 2.31. The van der Waals surface area contributed by atoms with Crippen LogP contribution in [-0.2, 0) is 17.8 Å². The number of hydrogen-bond acceptors (Lipinski definition) is 4. The van der Waals surface area contributed by atoms with E-state index in [0.717, 1.165) is 49.4 Å². The van der Waals surface area contributed by atoms with Gasteiger partial charge in [0.15, 0.2) is 0 Å². The van der Waals surface area contributed by atoms with Gasteiger partial charge in [0.25, 0.3) is 0 Å². The summed E-state index contributed by atoms with van der Waals surface area (Å²) in [6.45, 7) is 5.71. The number of nitrogens with one attached hydrogen (secondary N) is 1. The van der Waals surface area contributed by atoms with Crippen LogP contribution in [-0.4, -0.2) is 51.5 Å². The predicted molar refractivity (Wildman–Crippen MR) is 102 cm³/mol. The number of aromatic nitrogens is 3. The fourth-order valence-electron chi connectivity index (χ4n) is 3.78. The summed E-state index contributed by atoms with van der Waals surface area (Å²) in [4.78, 5) is 21.6. The Morgan fingerprint density at radius 1 is 1.35 bits per heavy atom. The zero-order chi connectivity index (χ0) is 18.7. The van der Waals surface area contributed by atoms with Gasteiger partial charge in [-0.25, -0.2) is 0 Å². The van der Waals surface area contributed by atoms with E-state index in [0.29, 0.717) is 6.42 Å². The number of rotatable bonds is 6. The molecule has 0 spiro atoms. The van der Waals surface area contributed by atoms with Crippen molar-refractivity contribution in [3.8, 4) is 0 Å². The monoisotopic (exact) mass is 355 g/mol. The molecule has 1 aliphatic rings. The van der Waals surface area contributed by atoms with Gasteiger partial charge in [-0.15, -0.1) is 0 Å². The molecule has 0 saturated carbocycles. The van der Waals surface area contributed by atoms with Crippen molar-refractivity contribution in [2.75, 3.05) is 20.6 Å². The minimum absolute atomic E-state index is 0.113. The molecule has 0 radical (unpaired) electrons. The zero-order valence-electron chi connectivity index (χ0n) is 16.2. The summed E-state index contributed by atoms with van der Waals surface area (Å²) in [5.41, 5.74) is 5.42. The third-order valence-electron chi connectivity index (χ3n) is 5.13. The summed E-state index contributed by atoms with van der Waals surface area (Å²) in [7, 11) is 4.10. The van der Waals surface area contributed by atoms with E-state index < -0.39 is 0 Å². The van der Waals surface area contributed by atoms with Crippen molar-refractivity contribution in [3.63, 3.8) is 0 Å². The van der Waals surface area contributed by atoms with Crippen LogP contribution in [0.1, 0.15) is 53.5 Å². The fourth-order valence-corrected chi connectivity index (χ4v) is 3.78. The summed E-state index contributed by atoms with van der Waals surface area (Å²) >= 11 is 0. The van der Waals surface area contributed by atoms with Crippen LogP contribution in [0.15, 0.2) is 18.3 Å². The Morgan fingerprint density at radius 3 is 2.77 bits per heavy atom. The summed E-state index contributed by atoms with van der Waals surface area (Å²) in [6, 6.07) is 4.32. The van der Waals surface area contributed by atoms with Crippen LogP contribution in [0.5, 0.6) is 0 Å². The molecule has 0 aromatic carbocycles. The van der Waals surface area contributed by atoms with Gasteiger partial charge in [-0.05, 0) is 64.4 Å². The van der Waals surface area contributed by atoms with Gasteiger partial charge in [-0.3, -0.25) is 14.9 Å². The van der Waals surface area contributed by atoms with Crippen molar-refractivity contribution in [2.24, 2.45) is 0 Å². The summed E-state index contributed by atoms with van der Waals surface area (Å²) in [6.07, 6.45) is 5.24. The first kappa shape index (κ1) is 18.6. The second kappa shape index (κ2) is 7.99. The third kappa shape index (κ3) is 4.12. The molecule has 140 valence electrons. The molecule has 3 heterocycles. The van der Waals surface area contributed by atoms with Crippen LogP contribution in [0.4, 0.5) is 0 Å². The lowest BCUT2D eigenvalue weighted by atomic mass is 10.1. The van der Waals surface area contributed by atoms with Gasteiger partial charge in [0.05, 0.1) is 17.4 Å². The molecule has 6 heteroatoms. The number of pyridine rings is 1. The predicted octanol–water partition coefficient (Wildman–Crippen LogP) is 2.78. The molecule has 26 heavy (non-hydrogen) atoms. The number of likely N-dealkylation sites (tertiary alicyclic amines) is 1. The van der Waals surface area contributed by atoms with Crippen LogP contribution >= 0.6 is 0 Å². The SMILES string of the molecule is Cc1n[nH]c(C)c1CCC(=O)N1CCC[C@@H]1c1ccc(CN(C)C)cn1. The van der Waals surface area contributed by atoms with E-state index in [-0.39, 0.29) is 11.9 Å². The largest absolute Gasteiger partial charge is 0.334 e. The molecule has 3 rings (SSSR count). The minimum Gasteiger partial charge on any atom is -0.334 e. The summed E-state index contributed by atoms with van der Waals surface area (Å²) in [5, 5.41) is 7.21. The van der Waals surface area contributed by atoms with Crippen molar-refractivity contribution in [3.05, 3.63) is 46.5 Å². The minimum atomic E-state index is 0.113. The molecule has 1 aliphatic heterocycles. The summed E-state index contributed by atoms with van der Waals surface area (Å²) in [5.74, 6) is 0.215. The lowest BCUT2D eigenvalue weighted by Gasteiger charge is -2.24. The van der Waals surface area contributed by atoms with E-state index in [4.69, 9.17) is 0 Å². The highest BCUT2D eigenvalue weighted by molar-refractivity contribution is 5.77. The molecule has 1 atom stereocenters. The molecule has 0 aliphatic carbocycles. The maximum absolute atomic E-state index is 12.8. The first-order chi connectivity index (χ1) is 12.5. The highest BCUT2D eigenvalue weighted by Gasteiger charge is 2.30. The van der Waals surface area contributed by atoms with Crippen LogP contribution in [0.25, 0.3) is 0 Å². The molecular weight excluding hydrogens is 326 g/mol. The molecule has 2 aromatic heterocycles. The second-order valence-corrected chi connectivity index (χ2v) is 7.49. The lowest BCUT2D eigenvalue weighted by molar-refractivity contribution is -0.132. The number of nitrogens with zero attached hydrogens (tertiary/aromatic N) is 4. The van der Waals surface area contributed by atoms with Crippen molar-refractivity contribution in [1.82, 2.24) is 25.0 Å². The van der Waals surface area contributed by atoms with E-state index in [2.05, 4.69) is 46.3 Å².